The molecule has 15 heavy (non-hydrogen) atoms. The number of nitrogens with one attached hydrogen (secondary N) is 1. The van der Waals surface area contributed by atoms with E-state index in [0.29, 0.717) is 0 Å². The summed E-state index contributed by atoms with van der Waals surface area (Å²) in [5.74, 6) is 0. The van der Waals surface area contributed by atoms with Gasteiger partial charge >= 0.3 is 0 Å². The van der Waals surface area contributed by atoms with Crippen molar-refractivity contribution in [1.29, 1.82) is 0 Å². The third-order valence-electron chi connectivity index (χ3n) is 2.11. The Morgan fingerprint density at radius 3 is 2.80 bits per heavy atom. The molecule has 0 atom stereocenters. The minimum absolute atomic E-state index is 0.289. The number of anilines is 1. The molecule has 3 N–H and O–H groups in total. The maximum atomic E-state index is 5.41. The van der Waals surface area contributed by atoms with Gasteiger partial charge in [-0.2, -0.15) is 0 Å². The Bertz CT molecular complexity index is 352. The molecule has 1 aromatic rings. The molecule has 4 heteroatoms. The molecule has 0 aliphatic heterocycles. The Morgan fingerprint density at radius 2 is 2.27 bits per heavy atom. The smallest absolute Gasteiger partial charge is 0.168 e. The van der Waals surface area contributed by atoms with Crippen LogP contribution in [0.2, 0.25) is 0 Å². The van der Waals surface area contributed by atoms with Crippen LogP contribution in [0.25, 0.3) is 0 Å². The highest BCUT2D eigenvalue weighted by Gasteiger charge is 2.01. The molecular weight excluding hydrogens is 272 g/mol. The molecule has 0 bridgehead atoms. The molecule has 0 aromatic heterocycles. The Labute approximate surface area is 104 Å². The number of benzene rings is 1. The zero-order chi connectivity index (χ0) is 11.3. The molecular formula is C11H15BrN2S. The largest absolute Gasteiger partial charge is 0.376 e. The summed E-state index contributed by atoms with van der Waals surface area (Å²) >= 11 is 8.28. The molecule has 0 fully saturated rings. The number of hydrogen-bond donors (Lipinski definition) is 2. The van der Waals surface area contributed by atoms with Crippen LogP contribution in [-0.2, 0) is 6.42 Å². The van der Waals surface area contributed by atoms with E-state index >= 15 is 0 Å². The first-order valence-electron chi connectivity index (χ1n) is 4.98. The lowest BCUT2D eigenvalue weighted by Crippen LogP contribution is -2.19. The van der Waals surface area contributed by atoms with Crippen molar-refractivity contribution < 1.29 is 0 Å². The Morgan fingerprint density at radius 1 is 1.53 bits per heavy atom. The van der Waals surface area contributed by atoms with Gasteiger partial charge in [0.1, 0.15) is 0 Å². The normalized spacial score (nSPS) is 10.0. The van der Waals surface area contributed by atoms with E-state index in [2.05, 4.69) is 40.3 Å². The van der Waals surface area contributed by atoms with Crippen LogP contribution in [0.5, 0.6) is 0 Å². The summed E-state index contributed by atoms with van der Waals surface area (Å²) in [7, 11) is 0. The number of nitrogens with two attached hydrogens (primary N) is 1. The van der Waals surface area contributed by atoms with E-state index < -0.39 is 0 Å². The summed E-state index contributed by atoms with van der Waals surface area (Å²) in [6, 6.07) is 6.20. The van der Waals surface area contributed by atoms with Gasteiger partial charge in [0, 0.05) is 4.47 Å². The van der Waals surface area contributed by atoms with Gasteiger partial charge in [-0.25, -0.2) is 0 Å². The lowest BCUT2D eigenvalue weighted by Gasteiger charge is -2.08. The highest BCUT2D eigenvalue weighted by Crippen LogP contribution is 2.24. The number of unbranched alkanes of at least 4 members (excludes halogenated alkanes) is 1. The Kier molecular flexibility index (Phi) is 5.05. The average molecular weight is 287 g/mol. The van der Waals surface area contributed by atoms with E-state index in [9.17, 15) is 0 Å². The molecule has 0 saturated carbocycles. The number of hydrogen-bond acceptors (Lipinski definition) is 1. The van der Waals surface area contributed by atoms with E-state index in [1.165, 1.54) is 18.4 Å². The zero-order valence-corrected chi connectivity index (χ0v) is 11.1. The van der Waals surface area contributed by atoms with E-state index in [1.807, 2.05) is 6.07 Å². The number of halogens is 1. The molecule has 0 spiro atoms. The van der Waals surface area contributed by atoms with Crippen LogP contribution >= 0.6 is 28.1 Å². The monoisotopic (exact) mass is 286 g/mol. The van der Waals surface area contributed by atoms with Crippen LogP contribution < -0.4 is 11.1 Å². The fraction of sp³-hybridized carbons (Fsp3) is 0.364. The molecule has 2 nitrogen and oxygen atoms in total. The van der Waals surface area contributed by atoms with Crippen molar-refractivity contribution in [3.63, 3.8) is 0 Å². The Hall–Kier alpha value is -0.610. The van der Waals surface area contributed by atoms with E-state index in [4.69, 9.17) is 18.0 Å². The van der Waals surface area contributed by atoms with Gasteiger partial charge in [-0.3, -0.25) is 0 Å². The molecule has 0 radical (unpaired) electrons. The second-order valence-corrected chi connectivity index (χ2v) is 4.70. The van der Waals surface area contributed by atoms with Crippen molar-refractivity contribution in [2.75, 3.05) is 5.32 Å². The fourth-order valence-corrected chi connectivity index (χ4v) is 1.96. The molecule has 0 saturated heterocycles. The van der Waals surface area contributed by atoms with Crippen molar-refractivity contribution in [1.82, 2.24) is 0 Å². The lowest BCUT2D eigenvalue weighted by atomic mass is 10.1. The number of thiocarbonyl (C=S) groups is 1. The number of aryl methyl sites for hydroxylation is 1. The Balaban J connectivity index is 2.74. The third-order valence-corrected chi connectivity index (χ3v) is 2.87. The topological polar surface area (TPSA) is 38.0 Å². The second kappa shape index (κ2) is 6.08. The molecule has 1 aromatic carbocycles. The molecule has 1 rings (SSSR count). The predicted octanol–water partition coefficient (Wildman–Crippen LogP) is 3.45. The van der Waals surface area contributed by atoms with E-state index in [-0.39, 0.29) is 5.11 Å². The minimum Gasteiger partial charge on any atom is -0.376 e. The van der Waals surface area contributed by atoms with Gasteiger partial charge in [0.05, 0.1) is 5.69 Å². The molecule has 0 amide bonds. The van der Waals surface area contributed by atoms with Crippen LogP contribution in [0.4, 0.5) is 5.69 Å². The zero-order valence-electron chi connectivity index (χ0n) is 8.72. The van der Waals surface area contributed by atoms with Gasteiger partial charge in [-0.1, -0.05) is 19.4 Å². The summed E-state index contributed by atoms with van der Waals surface area (Å²) < 4.78 is 1.00. The van der Waals surface area contributed by atoms with E-state index in [0.717, 1.165) is 16.6 Å². The highest BCUT2D eigenvalue weighted by molar-refractivity contribution is 9.10. The number of rotatable bonds is 4. The maximum absolute atomic E-state index is 5.41. The van der Waals surface area contributed by atoms with Gasteiger partial charge in [0.15, 0.2) is 5.11 Å². The van der Waals surface area contributed by atoms with Crippen molar-refractivity contribution in [3.05, 3.63) is 28.2 Å². The van der Waals surface area contributed by atoms with Crippen molar-refractivity contribution in [2.45, 2.75) is 26.2 Å². The molecule has 0 aliphatic rings. The first-order valence-corrected chi connectivity index (χ1v) is 6.18. The first kappa shape index (κ1) is 12.5. The summed E-state index contributed by atoms with van der Waals surface area (Å²) in [6.07, 6.45) is 3.54. The minimum atomic E-state index is 0.289. The third kappa shape index (κ3) is 4.18. The van der Waals surface area contributed by atoms with Gasteiger partial charge < -0.3 is 11.1 Å². The SMILES string of the molecule is CCCCc1ccc(NC(N)=S)c(Br)c1. The summed E-state index contributed by atoms with van der Waals surface area (Å²) in [5, 5.41) is 3.21. The van der Waals surface area contributed by atoms with Crippen LogP contribution in [0.15, 0.2) is 22.7 Å². The molecule has 0 unspecified atom stereocenters. The predicted molar refractivity (Wildman–Crippen MR) is 73.2 cm³/mol. The summed E-state index contributed by atoms with van der Waals surface area (Å²) in [4.78, 5) is 0. The fourth-order valence-electron chi connectivity index (χ4n) is 1.33. The second-order valence-electron chi connectivity index (χ2n) is 3.41. The quantitative estimate of drug-likeness (QED) is 0.833. The van der Waals surface area contributed by atoms with Crippen molar-refractivity contribution in [3.8, 4) is 0 Å². The highest BCUT2D eigenvalue weighted by atomic mass is 79.9. The summed E-state index contributed by atoms with van der Waals surface area (Å²) in [5.41, 5.74) is 7.66. The van der Waals surface area contributed by atoms with Gasteiger partial charge in [0.25, 0.3) is 0 Å². The average Bonchev–Trinajstić information content (AvgIpc) is 2.18. The van der Waals surface area contributed by atoms with Crippen LogP contribution in [0.1, 0.15) is 25.3 Å². The van der Waals surface area contributed by atoms with Gasteiger partial charge in [0.2, 0.25) is 0 Å². The molecule has 0 heterocycles. The lowest BCUT2D eigenvalue weighted by molar-refractivity contribution is 0.795. The van der Waals surface area contributed by atoms with Crippen LogP contribution in [0.3, 0.4) is 0 Å². The summed E-state index contributed by atoms with van der Waals surface area (Å²) in [6.45, 7) is 2.19. The van der Waals surface area contributed by atoms with Crippen molar-refractivity contribution >= 4 is 38.9 Å². The molecule has 0 aliphatic carbocycles. The molecule has 82 valence electrons. The van der Waals surface area contributed by atoms with Crippen molar-refractivity contribution in [2.24, 2.45) is 5.73 Å². The van der Waals surface area contributed by atoms with E-state index in [1.54, 1.807) is 0 Å². The van der Waals surface area contributed by atoms with Crippen LogP contribution in [0, 0.1) is 0 Å². The first-order chi connectivity index (χ1) is 7.13. The standard InChI is InChI=1S/C11H15BrN2S/c1-2-3-4-8-5-6-10(9(12)7-8)14-11(13)15/h5-7H,2-4H2,1H3,(H3,13,14,15). The van der Waals surface area contributed by atoms with Crippen LogP contribution in [-0.4, -0.2) is 5.11 Å². The van der Waals surface area contributed by atoms with Gasteiger partial charge in [-0.05, 0) is 58.7 Å². The maximum Gasteiger partial charge on any atom is 0.168 e. The van der Waals surface area contributed by atoms with Gasteiger partial charge in [-0.15, -0.1) is 0 Å².